The lowest BCUT2D eigenvalue weighted by Crippen LogP contribution is -2.03. The SMILES string of the molecule is O=C(/C=C/c1ccccc1F)c1cccc(OC(F)F)c1. The van der Waals surface area contributed by atoms with Crippen LogP contribution in [0.1, 0.15) is 15.9 Å². The molecule has 0 bridgehead atoms. The number of ketones is 1. The van der Waals surface area contributed by atoms with Gasteiger partial charge in [0.05, 0.1) is 0 Å². The molecule has 108 valence electrons. The van der Waals surface area contributed by atoms with Crippen LogP contribution in [0.3, 0.4) is 0 Å². The van der Waals surface area contributed by atoms with Crippen molar-refractivity contribution in [3.63, 3.8) is 0 Å². The second-order valence-electron chi connectivity index (χ2n) is 4.13. The summed E-state index contributed by atoms with van der Waals surface area (Å²) < 4.78 is 41.8. The van der Waals surface area contributed by atoms with E-state index in [0.717, 1.165) is 0 Å². The van der Waals surface area contributed by atoms with Gasteiger partial charge in [0.2, 0.25) is 0 Å². The molecule has 0 aliphatic carbocycles. The second-order valence-corrected chi connectivity index (χ2v) is 4.13. The Bertz CT molecular complexity index is 666. The summed E-state index contributed by atoms with van der Waals surface area (Å²) in [6, 6.07) is 11.4. The molecular formula is C16H11F3O2. The Balaban J connectivity index is 2.15. The number of carbonyl (C=O) groups excluding carboxylic acids is 1. The average molecular weight is 292 g/mol. The molecule has 2 rings (SSSR count). The Labute approximate surface area is 119 Å². The van der Waals surface area contributed by atoms with Gasteiger partial charge in [0.15, 0.2) is 5.78 Å². The molecule has 2 nitrogen and oxygen atoms in total. The van der Waals surface area contributed by atoms with Crippen molar-refractivity contribution >= 4 is 11.9 Å². The van der Waals surface area contributed by atoms with Crippen molar-refractivity contribution in [2.24, 2.45) is 0 Å². The van der Waals surface area contributed by atoms with Crippen LogP contribution >= 0.6 is 0 Å². The number of carbonyl (C=O) groups is 1. The molecule has 21 heavy (non-hydrogen) atoms. The Morgan fingerprint density at radius 2 is 1.86 bits per heavy atom. The van der Waals surface area contributed by atoms with Crippen molar-refractivity contribution in [3.05, 3.63) is 71.6 Å². The smallest absolute Gasteiger partial charge is 0.387 e. The van der Waals surface area contributed by atoms with E-state index in [9.17, 15) is 18.0 Å². The zero-order valence-corrected chi connectivity index (χ0v) is 10.8. The predicted octanol–water partition coefficient (Wildman–Crippen LogP) is 4.32. The van der Waals surface area contributed by atoms with Crippen molar-refractivity contribution in [1.82, 2.24) is 0 Å². The average Bonchev–Trinajstić information content (AvgIpc) is 2.45. The summed E-state index contributed by atoms with van der Waals surface area (Å²) in [5.74, 6) is -0.982. The second kappa shape index (κ2) is 6.74. The molecular weight excluding hydrogens is 281 g/mol. The summed E-state index contributed by atoms with van der Waals surface area (Å²) in [5.41, 5.74) is 0.451. The molecule has 0 heterocycles. The topological polar surface area (TPSA) is 26.3 Å². The highest BCUT2D eigenvalue weighted by molar-refractivity contribution is 6.07. The Kier molecular flexibility index (Phi) is 4.77. The summed E-state index contributed by atoms with van der Waals surface area (Å²) >= 11 is 0. The van der Waals surface area contributed by atoms with Crippen molar-refractivity contribution in [3.8, 4) is 5.75 Å². The van der Waals surface area contributed by atoms with Gasteiger partial charge in [-0.05, 0) is 30.4 Å². The molecule has 0 unspecified atom stereocenters. The van der Waals surface area contributed by atoms with Crippen LogP contribution < -0.4 is 4.74 Å². The van der Waals surface area contributed by atoms with Gasteiger partial charge >= 0.3 is 6.61 Å². The molecule has 2 aromatic carbocycles. The van der Waals surface area contributed by atoms with E-state index < -0.39 is 18.2 Å². The Morgan fingerprint density at radius 1 is 1.10 bits per heavy atom. The first-order valence-electron chi connectivity index (χ1n) is 6.08. The molecule has 0 radical (unpaired) electrons. The van der Waals surface area contributed by atoms with Gasteiger partial charge in [-0.25, -0.2) is 4.39 Å². The molecule has 0 saturated heterocycles. The van der Waals surface area contributed by atoms with Gasteiger partial charge in [0.25, 0.3) is 0 Å². The number of allylic oxidation sites excluding steroid dienone is 1. The number of alkyl halides is 2. The molecule has 0 amide bonds. The molecule has 0 aliphatic rings. The van der Waals surface area contributed by atoms with Crippen LogP contribution in [0.2, 0.25) is 0 Å². The minimum atomic E-state index is -2.95. The molecule has 0 aromatic heterocycles. The van der Waals surface area contributed by atoms with Crippen LogP contribution in [-0.4, -0.2) is 12.4 Å². The molecule has 5 heteroatoms. The van der Waals surface area contributed by atoms with Gasteiger partial charge < -0.3 is 4.74 Å². The van der Waals surface area contributed by atoms with E-state index in [1.807, 2.05) is 0 Å². The van der Waals surface area contributed by atoms with Crippen LogP contribution in [0.15, 0.2) is 54.6 Å². The summed E-state index contributed by atoms with van der Waals surface area (Å²) in [4.78, 5) is 11.9. The fourth-order valence-electron chi connectivity index (χ4n) is 1.70. The lowest BCUT2D eigenvalue weighted by molar-refractivity contribution is -0.0498. The molecule has 2 aromatic rings. The Hall–Kier alpha value is -2.56. The predicted molar refractivity (Wildman–Crippen MR) is 72.8 cm³/mol. The van der Waals surface area contributed by atoms with Crippen LogP contribution in [0, 0.1) is 5.82 Å². The maximum Gasteiger partial charge on any atom is 0.387 e. The lowest BCUT2D eigenvalue weighted by atomic mass is 10.1. The summed E-state index contributed by atoms with van der Waals surface area (Å²) in [7, 11) is 0. The lowest BCUT2D eigenvalue weighted by Gasteiger charge is -2.05. The van der Waals surface area contributed by atoms with Crippen molar-refractivity contribution < 1.29 is 22.7 Å². The zero-order valence-electron chi connectivity index (χ0n) is 10.8. The van der Waals surface area contributed by atoms with Crippen molar-refractivity contribution in [1.29, 1.82) is 0 Å². The van der Waals surface area contributed by atoms with E-state index in [-0.39, 0.29) is 16.9 Å². The van der Waals surface area contributed by atoms with E-state index in [0.29, 0.717) is 0 Å². The van der Waals surface area contributed by atoms with E-state index in [1.54, 1.807) is 12.1 Å². The fraction of sp³-hybridized carbons (Fsp3) is 0.0625. The number of rotatable bonds is 5. The van der Waals surface area contributed by atoms with E-state index in [2.05, 4.69) is 4.74 Å². The maximum absolute atomic E-state index is 13.4. The number of hydrogen-bond acceptors (Lipinski definition) is 2. The van der Waals surface area contributed by atoms with E-state index in [4.69, 9.17) is 0 Å². The highest BCUT2D eigenvalue weighted by Crippen LogP contribution is 2.17. The third-order valence-electron chi connectivity index (χ3n) is 2.66. The molecule has 0 aliphatic heterocycles. The van der Waals surface area contributed by atoms with Crippen LogP contribution in [0.4, 0.5) is 13.2 Å². The van der Waals surface area contributed by atoms with Crippen LogP contribution in [-0.2, 0) is 0 Å². The largest absolute Gasteiger partial charge is 0.435 e. The highest BCUT2D eigenvalue weighted by atomic mass is 19.3. The summed E-state index contributed by atoms with van der Waals surface area (Å²) in [6.07, 6.45) is 2.51. The molecule has 0 atom stereocenters. The number of ether oxygens (including phenoxy) is 1. The maximum atomic E-state index is 13.4. The van der Waals surface area contributed by atoms with Crippen LogP contribution in [0.5, 0.6) is 5.75 Å². The third-order valence-corrected chi connectivity index (χ3v) is 2.66. The first kappa shape index (κ1) is 14.8. The first-order chi connectivity index (χ1) is 10.1. The van der Waals surface area contributed by atoms with Crippen molar-refractivity contribution in [2.75, 3.05) is 0 Å². The zero-order chi connectivity index (χ0) is 15.2. The standard InChI is InChI=1S/C16H11F3O2/c17-14-7-2-1-4-11(14)8-9-15(20)12-5-3-6-13(10-12)21-16(18)19/h1-10,16H/b9-8+. The van der Waals surface area contributed by atoms with E-state index >= 15 is 0 Å². The summed E-state index contributed by atoms with van der Waals surface area (Å²) in [5, 5.41) is 0. The molecule has 0 saturated carbocycles. The first-order valence-corrected chi connectivity index (χ1v) is 6.08. The van der Waals surface area contributed by atoms with Gasteiger partial charge in [0, 0.05) is 11.1 Å². The van der Waals surface area contributed by atoms with Crippen molar-refractivity contribution in [2.45, 2.75) is 6.61 Å². The molecule has 0 fully saturated rings. The number of benzene rings is 2. The Morgan fingerprint density at radius 3 is 2.57 bits per heavy atom. The number of hydrogen-bond donors (Lipinski definition) is 0. The van der Waals surface area contributed by atoms with E-state index in [1.165, 1.54) is 48.6 Å². The van der Waals surface area contributed by atoms with Gasteiger partial charge in [-0.15, -0.1) is 0 Å². The minimum Gasteiger partial charge on any atom is -0.435 e. The normalized spacial score (nSPS) is 11.0. The fourth-order valence-corrected chi connectivity index (χ4v) is 1.70. The quantitative estimate of drug-likeness (QED) is 0.606. The monoisotopic (exact) mass is 292 g/mol. The van der Waals surface area contributed by atoms with Gasteiger partial charge in [-0.2, -0.15) is 8.78 Å². The van der Waals surface area contributed by atoms with Gasteiger partial charge in [0.1, 0.15) is 11.6 Å². The molecule has 0 N–H and O–H groups in total. The van der Waals surface area contributed by atoms with Gasteiger partial charge in [-0.1, -0.05) is 30.3 Å². The minimum absolute atomic E-state index is 0.102. The summed E-state index contributed by atoms with van der Waals surface area (Å²) in [6.45, 7) is -2.95. The van der Waals surface area contributed by atoms with Gasteiger partial charge in [-0.3, -0.25) is 4.79 Å². The third kappa shape index (κ3) is 4.21. The highest BCUT2D eigenvalue weighted by Gasteiger charge is 2.07. The molecule has 0 spiro atoms. The van der Waals surface area contributed by atoms with Crippen LogP contribution in [0.25, 0.3) is 6.08 Å². The number of halogens is 3.